The smallest absolute Gasteiger partial charge is 0.264 e. The number of aromatic nitrogens is 3. The van der Waals surface area contributed by atoms with Gasteiger partial charge in [-0.05, 0) is 36.4 Å². The molecule has 5 aromatic rings. The quantitative estimate of drug-likeness (QED) is 0.265. The summed E-state index contributed by atoms with van der Waals surface area (Å²) >= 11 is 12.2. The lowest BCUT2D eigenvalue weighted by Crippen LogP contribution is -1.98. The third kappa shape index (κ3) is 4.10. The Morgan fingerprint density at radius 2 is 1.91 bits per heavy atom. The highest BCUT2D eigenvalue weighted by Crippen LogP contribution is 2.36. The first-order chi connectivity index (χ1) is 16.4. The van der Waals surface area contributed by atoms with E-state index in [1.54, 1.807) is 0 Å². The summed E-state index contributed by atoms with van der Waals surface area (Å²) in [5.41, 5.74) is 2.33. The van der Waals surface area contributed by atoms with Crippen molar-refractivity contribution in [2.75, 3.05) is 0 Å². The first-order valence-electron chi connectivity index (χ1n) is 10.2. The van der Waals surface area contributed by atoms with Crippen molar-refractivity contribution >= 4 is 34.1 Å². The van der Waals surface area contributed by atoms with Crippen LogP contribution in [0.5, 0.6) is 11.5 Å². The van der Waals surface area contributed by atoms with Crippen molar-refractivity contribution in [2.45, 2.75) is 6.42 Å². The molecule has 2 aromatic heterocycles. The molecule has 0 bridgehead atoms. The van der Waals surface area contributed by atoms with E-state index in [4.69, 9.17) is 37.6 Å². The van der Waals surface area contributed by atoms with Crippen molar-refractivity contribution in [1.82, 2.24) is 14.8 Å². The fourth-order valence-electron chi connectivity index (χ4n) is 3.69. The molecule has 0 radical (unpaired) electrons. The van der Waals surface area contributed by atoms with E-state index in [1.807, 2.05) is 48.0 Å². The van der Waals surface area contributed by atoms with Crippen molar-refractivity contribution in [2.24, 2.45) is 7.05 Å². The Morgan fingerprint density at radius 3 is 2.71 bits per heavy atom. The van der Waals surface area contributed by atoms with E-state index in [0.29, 0.717) is 5.89 Å². The number of benzene rings is 3. The topological polar surface area (TPSA) is 76.9 Å². The normalized spacial score (nSPS) is 11.0. The van der Waals surface area contributed by atoms with Gasteiger partial charge in [0.1, 0.15) is 11.4 Å². The van der Waals surface area contributed by atoms with Gasteiger partial charge in [0.05, 0.1) is 23.1 Å². The second-order valence-electron chi connectivity index (χ2n) is 7.56. The summed E-state index contributed by atoms with van der Waals surface area (Å²) in [5, 5.41) is 18.8. The van der Waals surface area contributed by atoms with Gasteiger partial charge in [0, 0.05) is 28.5 Å². The zero-order valence-electron chi connectivity index (χ0n) is 17.7. The zero-order chi connectivity index (χ0) is 23.8. The average molecular weight is 493 g/mol. The molecule has 5 rings (SSSR count). The molecule has 0 spiro atoms. The first kappa shape index (κ1) is 22.0. The Bertz CT molecular complexity index is 1590. The molecule has 0 atom stereocenters. The SMILES string of the molecule is Cn1c(-c2nnc(Cc3ccc(Cl)c(Oc4cc(Cl)cc(C#N)c4)c3F)o2)cc2ccccc21. The first-order valence-corrected chi connectivity index (χ1v) is 10.9. The highest BCUT2D eigenvalue weighted by Gasteiger charge is 2.19. The second-order valence-corrected chi connectivity index (χ2v) is 8.41. The molecule has 0 saturated carbocycles. The van der Waals surface area contributed by atoms with Gasteiger partial charge in [-0.25, -0.2) is 4.39 Å². The highest BCUT2D eigenvalue weighted by atomic mass is 35.5. The van der Waals surface area contributed by atoms with E-state index in [9.17, 15) is 0 Å². The monoisotopic (exact) mass is 492 g/mol. The fourth-order valence-corrected chi connectivity index (χ4v) is 4.10. The number of ether oxygens (including phenoxy) is 1. The van der Waals surface area contributed by atoms with E-state index >= 15 is 4.39 Å². The highest BCUT2D eigenvalue weighted by molar-refractivity contribution is 6.32. The van der Waals surface area contributed by atoms with Crippen LogP contribution in [0.1, 0.15) is 17.0 Å². The molecule has 6 nitrogen and oxygen atoms in total. The van der Waals surface area contributed by atoms with Crippen molar-refractivity contribution in [3.8, 4) is 29.2 Å². The van der Waals surface area contributed by atoms with E-state index < -0.39 is 5.82 Å². The van der Waals surface area contributed by atoms with Crippen LogP contribution in [0.4, 0.5) is 4.39 Å². The van der Waals surface area contributed by atoms with E-state index in [1.165, 1.54) is 30.3 Å². The average Bonchev–Trinajstić information content (AvgIpc) is 3.42. The number of nitriles is 1. The summed E-state index contributed by atoms with van der Waals surface area (Å²) in [4.78, 5) is 0. The Morgan fingerprint density at radius 1 is 1.09 bits per heavy atom. The van der Waals surface area contributed by atoms with Crippen LogP contribution in [0.25, 0.3) is 22.5 Å². The number of fused-ring (bicyclic) bond motifs is 1. The Hall–Kier alpha value is -3.86. The molecule has 0 N–H and O–H groups in total. The van der Waals surface area contributed by atoms with Crippen LogP contribution in [-0.2, 0) is 13.5 Å². The number of para-hydroxylation sites is 1. The molecule has 0 amide bonds. The molecule has 168 valence electrons. The van der Waals surface area contributed by atoms with Gasteiger partial charge in [-0.1, -0.05) is 47.5 Å². The predicted octanol–water partition coefficient (Wildman–Crippen LogP) is 6.93. The standard InChI is InChI=1S/C25H15Cl2FN4O2/c1-32-20-5-3-2-4-15(20)10-21(32)25-31-30-22(34-25)11-16-6-7-19(27)24(23(16)28)33-18-9-14(13-29)8-17(26)12-18/h2-10,12H,11H2,1H3. The number of aryl methyl sites for hydroxylation is 1. The van der Waals surface area contributed by atoms with Crippen LogP contribution >= 0.6 is 23.2 Å². The summed E-state index contributed by atoms with van der Waals surface area (Å²) in [7, 11) is 1.91. The zero-order valence-corrected chi connectivity index (χ0v) is 19.2. The number of rotatable bonds is 5. The van der Waals surface area contributed by atoms with Gasteiger partial charge < -0.3 is 13.7 Å². The third-order valence-electron chi connectivity index (χ3n) is 5.33. The van der Waals surface area contributed by atoms with Crippen LogP contribution in [-0.4, -0.2) is 14.8 Å². The van der Waals surface area contributed by atoms with Crippen molar-refractivity contribution in [3.05, 3.63) is 93.5 Å². The predicted molar refractivity (Wildman–Crippen MR) is 127 cm³/mol. The number of hydrogen-bond donors (Lipinski definition) is 0. The van der Waals surface area contributed by atoms with Crippen molar-refractivity contribution in [1.29, 1.82) is 5.26 Å². The van der Waals surface area contributed by atoms with Crippen LogP contribution < -0.4 is 4.74 Å². The molecule has 0 fully saturated rings. The van der Waals surface area contributed by atoms with Gasteiger partial charge in [0.25, 0.3) is 5.89 Å². The maximum atomic E-state index is 15.3. The summed E-state index contributed by atoms with van der Waals surface area (Å²) in [5.74, 6) is -0.0867. The van der Waals surface area contributed by atoms with Crippen LogP contribution in [0.2, 0.25) is 10.0 Å². The lowest BCUT2D eigenvalue weighted by molar-refractivity contribution is 0.437. The molecule has 0 aliphatic carbocycles. The molecule has 0 aliphatic heterocycles. The van der Waals surface area contributed by atoms with E-state index in [0.717, 1.165) is 16.6 Å². The minimum atomic E-state index is -0.671. The number of halogens is 3. The van der Waals surface area contributed by atoms with Crippen LogP contribution in [0.15, 0.2) is 65.1 Å². The molecule has 34 heavy (non-hydrogen) atoms. The minimum Gasteiger partial charge on any atom is -0.453 e. The third-order valence-corrected chi connectivity index (χ3v) is 5.84. The van der Waals surface area contributed by atoms with Crippen molar-refractivity contribution in [3.63, 3.8) is 0 Å². The summed E-state index contributed by atoms with van der Waals surface area (Å²) < 4.78 is 28.8. The maximum absolute atomic E-state index is 15.3. The largest absolute Gasteiger partial charge is 0.453 e. The Kier molecular flexibility index (Phi) is 5.70. The van der Waals surface area contributed by atoms with E-state index in [2.05, 4.69) is 10.2 Å². The number of nitrogens with zero attached hydrogens (tertiary/aromatic N) is 4. The van der Waals surface area contributed by atoms with Crippen molar-refractivity contribution < 1.29 is 13.5 Å². The Balaban J connectivity index is 1.44. The van der Waals surface area contributed by atoms with Gasteiger partial charge in [0.15, 0.2) is 11.6 Å². The van der Waals surface area contributed by atoms with Gasteiger partial charge in [-0.2, -0.15) is 5.26 Å². The molecular formula is C25H15Cl2FN4O2. The lowest BCUT2D eigenvalue weighted by Gasteiger charge is -2.11. The molecule has 3 aromatic carbocycles. The summed E-state index contributed by atoms with van der Waals surface area (Å²) in [6, 6.07) is 19.3. The maximum Gasteiger partial charge on any atom is 0.264 e. The number of hydrogen-bond acceptors (Lipinski definition) is 5. The minimum absolute atomic E-state index is 0.0370. The van der Waals surface area contributed by atoms with Crippen LogP contribution in [0.3, 0.4) is 0 Å². The van der Waals surface area contributed by atoms with Gasteiger partial charge in [-0.3, -0.25) is 0 Å². The van der Waals surface area contributed by atoms with E-state index in [-0.39, 0.29) is 45.0 Å². The molecular weight excluding hydrogens is 478 g/mol. The molecule has 2 heterocycles. The van der Waals surface area contributed by atoms with Gasteiger partial charge in [-0.15, -0.1) is 10.2 Å². The summed E-state index contributed by atoms with van der Waals surface area (Å²) in [6.07, 6.45) is 0.0370. The molecule has 0 saturated heterocycles. The Labute approximate surface area is 203 Å². The molecule has 0 aliphatic rings. The second kappa shape index (κ2) is 8.82. The van der Waals surface area contributed by atoms with Crippen LogP contribution in [0, 0.1) is 17.1 Å². The van der Waals surface area contributed by atoms with Gasteiger partial charge >= 0.3 is 0 Å². The summed E-state index contributed by atoms with van der Waals surface area (Å²) in [6.45, 7) is 0. The fraction of sp³-hybridized carbons (Fsp3) is 0.0800. The lowest BCUT2D eigenvalue weighted by atomic mass is 10.1. The molecule has 9 heteroatoms. The van der Waals surface area contributed by atoms with Gasteiger partial charge in [0.2, 0.25) is 5.89 Å². The molecule has 0 unspecified atom stereocenters.